The molecule has 1 saturated carbocycles. The molecule has 1 aromatic carbocycles. The molecule has 0 aliphatic heterocycles. The van der Waals surface area contributed by atoms with Gasteiger partial charge < -0.3 is 10.5 Å². The molecule has 0 amide bonds. The second-order valence-electron chi connectivity index (χ2n) is 4.46. The molecule has 0 spiro atoms. The van der Waals surface area contributed by atoms with E-state index >= 15 is 0 Å². The van der Waals surface area contributed by atoms with Crippen LogP contribution in [0.2, 0.25) is 0 Å². The monoisotopic (exact) mass is 277 g/mol. The minimum Gasteiger partial charge on any atom is -0.497 e. The Labute approximate surface area is 115 Å². The number of methoxy groups -OCH3 is 1. The quantitative estimate of drug-likeness (QED) is 0.664. The number of hydrogen-bond acceptors (Lipinski definition) is 6. The molecule has 0 radical (unpaired) electrons. The Morgan fingerprint density at radius 1 is 1.47 bits per heavy atom. The van der Waals surface area contributed by atoms with Crippen LogP contribution in [-0.4, -0.2) is 27.3 Å². The summed E-state index contributed by atoms with van der Waals surface area (Å²) in [4.78, 5) is 0.990. The number of thioether (sulfide) groups is 1. The van der Waals surface area contributed by atoms with E-state index in [1.807, 2.05) is 22.9 Å². The molecule has 7 heteroatoms. The summed E-state index contributed by atoms with van der Waals surface area (Å²) in [7, 11) is 1.65. The maximum Gasteiger partial charge on any atom is 0.161 e. The minimum atomic E-state index is 0.494. The van der Waals surface area contributed by atoms with Crippen LogP contribution >= 0.6 is 11.8 Å². The Morgan fingerprint density at radius 2 is 2.32 bits per heavy atom. The lowest BCUT2D eigenvalue weighted by Gasteiger charge is -2.07. The lowest BCUT2D eigenvalue weighted by molar-refractivity contribution is 0.414. The van der Waals surface area contributed by atoms with E-state index in [1.54, 1.807) is 18.9 Å². The van der Waals surface area contributed by atoms with Crippen molar-refractivity contribution in [2.45, 2.75) is 29.5 Å². The first-order chi connectivity index (χ1) is 9.28. The Balaban J connectivity index is 1.73. The van der Waals surface area contributed by atoms with Crippen LogP contribution < -0.4 is 10.5 Å². The molecule has 0 saturated heterocycles. The Kier molecular flexibility index (Phi) is 3.29. The molecule has 3 rings (SSSR count). The number of benzene rings is 1. The second kappa shape index (κ2) is 5.08. The largest absolute Gasteiger partial charge is 0.497 e. The van der Waals surface area contributed by atoms with Gasteiger partial charge in [0.15, 0.2) is 5.82 Å². The molecular weight excluding hydrogens is 262 g/mol. The van der Waals surface area contributed by atoms with Crippen LogP contribution in [0, 0.1) is 0 Å². The average Bonchev–Trinajstić information content (AvgIpc) is 3.17. The number of nitrogens with zero attached hydrogens (tertiary/aromatic N) is 4. The SMILES string of the molecule is COc1ccc(N)c(SCc2nnnn2C2CC2)c1. The predicted molar refractivity (Wildman–Crippen MR) is 73.1 cm³/mol. The lowest BCUT2D eigenvalue weighted by atomic mass is 10.3. The first-order valence-electron chi connectivity index (χ1n) is 6.11. The molecule has 0 bridgehead atoms. The highest BCUT2D eigenvalue weighted by Crippen LogP contribution is 2.36. The number of aromatic nitrogens is 4. The second-order valence-corrected chi connectivity index (χ2v) is 5.48. The average molecular weight is 277 g/mol. The zero-order chi connectivity index (χ0) is 13.2. The third-order valence-corrected chi connectivity index (χ3v) is 4.10. The Morgan fingerprint density at radius 3 is 3.05 bits per heavy atom. The molecule has 1 fully saturated rings. The summed E-state index contributed by atoms with van der Waals surface area (Å²) in [6.45, 7) is 0. The summed E-state index contributed by atoms with van der Waals surface area (Å²) in [5, 5.41) is 11.9. The van der Waals surface area contributed by atoms with Gasteiger partial charge in [0.05, 0.1) is 18.9 Å². The van der Waals surface area contributed by atoms with E-state index in [0.29, 0.717) is 11.8 Å². The van der Waals surface area contributed by atoms with Crippen LogP contribution in [0.3, 0.4) is 0 Å². The number of hydrogen-bond donors (Lipinski definition) is 1. The van der Waals surface area contributed by atoms with Gasteiger partial charge in [-0.05, 0) is 41.5 Å². The van der Waals surface area contributed by atoms with Crippen molar-refractivity contribution < 1.29 is 4.74 Å². The maximum absolute atomic E-state index is 5.96. The van der Waals surface area contributed by atoms with E-state index in [-0.39, 0.29) is 0 Å². The maximum atomic E-state index is 5.96. The number of ether oxygens (including phenoxy) is 1. The normalized spacial score (nSPS) is 14.6. The van der Waals surface area contributed by atoms with Crippen LogP contribution in [-0.2, 0) is 5.75 Å². The van der Waals surface area contributed by atoms with E-state index in [0.717, 1.165) is 22.2 Å². The van der Waals surface area contributed by atoms with Crippen molar-refractivity contribution in [3.63, 3.8) is 0 Å². The van der Waals surface area contributed by atoms with E-state index in [1.165, 1.54) is 12.8 Å². The van der Waals surface area contributed by atoms with Gasteiger partial charge in [-0.1, -0.05) is 0 Å². The van der Waals surface area contributed by atoms with Crippen LogP contribution in [0.25, 0.3) is 0 Å². The number of nitrogens with two attached hydrogens (primary N) is 1. The highest BCUT2D eigenvalue weighted by Gasteiger charge is 2.27. The van der Waals surface area contributed by atoms with Crippen LogP contribution in [0.5, 0.6) is 5.75 Å². The smallest absolute Gasteiger partial charge is 0.161 e. The molecule has 19 heavy (non-hydrogen) atoms. The van der Waals surface area contributed by atoms with Crippen molar-refractivity contribution in [1.29, 1.82) is 0 Å². The highest BCUT2D eigenvalue weighted by atomic mass is 32.2. The molecule has 1 heterocycles. The van der Waals surface area contributed by atoms with Crippen molar-refractivity contribution in [3.8, 4) is 5.75 Å². The summed E-state index contributed by atoms with van der Waals surface area (Å²) in [6, 6.07) is 6.14. The van der Waals surface area contributed by atoms with E-state index in [9.17, 15) is 0 Å². The molecule has 0 unspecified atom stereocenters. The number of tetrazole rings is 1. The van der Waals surface area contributed by atoms with Crippen molar-refractivity contribution >= 4 is 17.4 Å². The fourth-order valence-electron chi connectivity index (χ4n) is 1.82. The van der Waals surface area contributed by atoms with Gasteiger partial charge in [0.2, 0.25) is 0 Å². The lowest BCUT2D eigenvalue weighted by Crippen LogP contribution is -2.02. The molecule has 2 aromatic rings. The highest BCUT2D eigenvalue weighted by molar-refractivity contribution is 7.98. The van der Waals surface area contributed by atoms with Crippen molar-refractivity contribution in [2.75, 3.05) is 12.8 Å². The molecule has 6 nitrogen and oxygen atoms in total. The first-order valence-corrected chi connectivity index (χ1v) is 7.09. The van der Waals surface area contributed by atoms with Gasteiger partial charge in [0.1, 0.15) is 5.75 Å². The number of anilines is 1. The third-order valence-electron chi connectivity index (χ3n) is 3.03. The van der Waals surface area contributed by atoms with Crippen molar-refractivity contribution in [2.24, 2.45) is 0 Å². The van der Waals surface area contributed by atoms with Crippen LogP contribution in [0.15, 0.2) is 23.1 Å². The van der Waals surface area contributed by atoms with Crippen LogP contribution in [0.4, 0.5) is 5.69 Å². The summed E-state index contributed by atoms with van der Waals surface area (Å²) in [5.74, 6) is 2.41. The molecule has 1 aromatic heterocycles. The van der Waals surface area contributed by atoms with Gasteiger partial charge >= 0.3 is 0 Å². The summed E-state index contributed by atoms with van der Waals surface area (Å²) >= 11 is 1.63. The standard InChI is InChI=1S/C12H15N5OS/c1-18-9-4-5-10(13)11(6-9)19-7-12-14-15-16-17(12)8-2-3-8/h4-6,8H,2-3,7,13H2,1H3. The zero-order valence-electron chi connectivity index (χ0n) is 10.6. The van der Waals surface area contributed by atoms with Crippen molar-refractivity contribution in [1.82, 2.24) is 20.2 Å². The van der Waals surface area contributed by atoms with Gasteiger partial charge in [-0.25, -0.2) is 4.68 Å². The molecule has 1 aliphatic rings. The van der Waals surface area contributed by atoms with Gasteiger partial charge in [0, 0.05) is 10.6 Å². The van der Waals surface area contributed by atoms with Gasteiger partial charge in [0.25, 0.3) is 0 Å². The van der Waals surface area contributed by atoms with Gasteiger partial charge in [-0.2, -0.15) is 0 Å². The molecule has 100 valence electrons. The van der Waals surface area contributed by atoms with E-state index in [4.69, 9.17) is 10.5 Å². The number of nitrogen functional groups attached to an aromatic ring is 1. The summed E-state index contributed by atoms with van der Waals surface area (Å²) in [5.41, 5.74) is 6.71. The molecule has 0 atom stereocenters. The number of rotatable bonds is 5. The summed E-state index contributed by atoms with van der Waals surface area (Å²) < 4.78 is 7.12. The predicted octanol–water partition coefficient (Wildman–Crippen LogP) is 1.89. The first kappa shape index (κ1) is 12.3. The minimum absolute atomic E-state index is 0.494. The fraction of sp³-hybridized carbons (Fsp3) is 0.417. The van der Waals surface area contributed by atoms with E-state index in [2.05, 4.69) is 15.5 Å². The summed E-state index contributed by atoms with van der Waals surface area (Å²) in [6.07, 6.45) is 2.34. The van der Waals surface area contributed by atoms with Gasteiger partial charge in [-0.3, -0.25) is 0 Å². The Bertz CT molecular complexity index is 581. The molecule has 2 N–H and O–H groups in total. The zero-order valence-corrected chi connectivity index (χ0v) is 11.4. The fourth-order valence-corrected chi connectivity index (χ4v) is 2.73. The Hall–Kier alpha value is -1.76. The van der Waals surface area contributed by atoms with Crippen molar-refractivity contribution in [3.05, 3.63) is 24.0 Å². The molecular formula is C12H15N5OS. The van der Waals surface area contributed by atoms with E-state index < -0.39 is 0 Å². The molecule has 1 aliphatic carbocycles. The van der Waals surface area contributed by atoms with Crippen LogP contribution in [0.1, 0.15) is 24.7 Å². The topological polar surface area (TPSA) is 78.8 Å². The third kappa shape index (κ3) is 2.65. The van der Waals surface area contributed by atoms with Gasteiger partial charge in [-0.15, -0.1) is 16.9 Å².